The lowest BCUT2D eigenvalue weighted by Gasteiger charge is -2.30. The Labute approximate surface area is 81.8 Å². The zero-order valence-electron chi connectivity index (χ0n) is 7.73. The molecule has 0 saturated heterocycles. The molecule has 0 aromatic carbocycles. The van der Waals surface area contributed by atoms with Crippen LogP contribution < -0.4 is 5.73 Å². The van der Waals surface area contributed by atoms with E-state index in [0.717, 1.165) is 18.5 Å². The number of rotatable bonds is 1. The van der Waals surface area contributed by atoms with E-state index in [1.807, 2.05) is 0 Å². The van der Waals surface area contributed by atoms with Gasteiger partial charge in [0.2, 0.25) is 0 Å². The Morgan fingerprint density at radius 2 is 2.43 bits per heavy atom. The molecule has 74 valence electrons. The van der Waals surface area contributed by atoms with E-state index in [0.29, 0.717) is 12.0 Å². The van der Waals surface area contributed by atoms with Crippen LogP contribution in [0.15, 0.2) is 18.3 Å². The molecule has 0 radical (unpaired) electrons. The third kappa shape index (κ3) is 1.19. The molecule has 1 aliphatic carbocycles. The summed E-state index contributed by atoms with van der Waals surface area (Å²) in [6, 6.07) is 3.49. The number of nitrogens with two attached hydrogens (primary N) is 1. The molecule has 0 fully saturated rings. The minimum absolute atomic E-state index is 0.487. The molecule has 1 unspecified atom stereocenters. The number of pyridine rings is 1. The van der Waals surface area contributed by atoms with Gasteiger partial charge in [0.1, 0.15) is 5.54 Å². The molecule has 4 nitrogen and oxygen atoms in total. The van der Waals surface area contributed by atoms with Crippen LogP contribution in [0.5, 0.6) is 0 Å². The monoisotopic (exact) mass is 192 g/mol. The van der Waals surface area contributed by atoms with Gasteiger partial charge in [-0.05, 0) is 25.3 Å². The number of aliphatic carboxylic acids is 1. The van der Waals surface area contributed by atoms with Crippen LogP contribution in [0, 0.1) is 0 Å². The SMILES string of the molecule is NC1(C(=O)O)CCCc2ncccc21. The van der Waals surface area contributed by atoms with Crippen LogP contribution in [-0.2, 0) is 16.8 Å². The number of aromatic nitrogens is 1. The predicted molar refractivity (Wildman–Crippen MR) is 50.7 cm³/mol. The summed E-state index contributed by atoms with van der Waals surface area (Å²) in [4.78, 5) is 15.2. The highest BCUT2D eigenvalue weighted by atomic mass is 16.4. The summed E-state index contributed by atoms with van der Waals surface area (Å²) >= 11 is 0. The van der Waals surface area contributed by atoms with E-state index in [9.17, 15) is 4.79 Å². The van der Waals surface area contributed by atoms with Crippen molar-refractivity contribution in [2.75, 3.05) is 0 Å². The third-order valence-corrected chi connectivity index (χ3v) is 2.74. The topological polar surface area (TPSA) is 76.2 Å². The van der Waals surface area contributed by atoms with Gasteiger partial charge in [0, 0.05) is 17.5 Å². The molecule has 0 bridgehead atoms. The summed E-state index contributed by atoms with van der Waals surface area (Å²) in [6.07, 6.45) is 3.77. The van der Waals surface area contributed by atoms with Crippen LogP contribution in [-0.4, -0.2) is 16.1 Å². The van der Waals surface area contributed by atoms with Crippen molar-refractivity contribution in [1.82, 2.24) is 4.98 Å². The average molecular weight is 192 g/mol. The number of fused-ring (bicyclic) bond motifs is 1. The molecule has 0 spiro atoms. The van der Waals surface area contributed by atoms with Crippen LogP contribution in [0.4, 0.5) is 0 Å². The smallest absolute Gasteiger partial charge is 0.328 e. The van der Waals surface area contributed by atoms with E-state index in [1.165, 1.54) is 0 Å². The third-order valence-electron chi connectivity index (χ3n) is 2.74. The van der Waals surface area contributed by atoms with Crippen LogP contribution >= 0.6 is 0 Å². The first kappa shape index (κ1) is 9.15. The molecule has 0 amide bonds. The van der Waals surface area contributed by atoms with E-state index < -0.39 is 11.5 Å². The molecular formula is C10H12N2O2. The van der Waals surface area contributed by atoms with Gasteiger partial charge >= 0.3 is 5.97 Å². The summed E-state index contributed by atoms with van der Waals surface area (Å²) in [5, 5.41) is 9.09. The highest BCUT2D eigenvalue weighted by molar-refractivity contribution is 5.81. The van der Waals surface area contributed by atoms with Gasteiger partial charge in [-0.3, -0.25) is 4.98 Å². The number of hydrogen-bond donors (Lipinski definition) is 2. The van der Waals surface area contributed by atoms with Gasteiger partial charge < -0.3 is 10.8 Å². The zero-order chi connectivity index (χ0) is 10.2. The summed E-state index contributed by atoms with van der Waals surface area (Å²) in [5.74, 6) is -0.966. The summed E-state index contributed by atoms with van der Waals surface area (Å²) < 4.78 is 0. The maximum atomic E-state index is 11.1. The second kappa shape index (κ2) is 3.06. The van der Waals surface area contributed by atoms with Crippen molar-refractivity contribution < 1.29 is 9.90 Å². The second-order valence-electron chi connectivity index (χ2n) is 3.63. The first-order valence-electron chi connectivity index (χ1n) is 4.61. The minimum Gasteiger partial charge on any atom is -0.480 e. The summed E-state index contributed by atoms with van der Waals surface area (Å²) in [7, 11) is 0. The predicted octanol–water partition coefficient (Wildman–Crippen LogP) is 0.656. The first-order chi connectivity index (χ1) is 6.64. The van der Waals surface area contributed by atoms with Crippen LogP contribution in [0.25, 0.3) is 0 Å². The number of carboxylic acids is 1. The number of hydrogen-bond acceptors (Lipinski definition) is 3. The van der Waals surface area contributed by atoms with E-state index in [2.05, 4.69) is 4.98 Å². The van der Waals surface area contributed by atoms with Crippen molar-refractivity contribution in [1.29, 1.82) is 0 Å². The van der Waals surface area contributed by atoms with Gasteiger partial charge in [-0.15, -0.1) is 0 Å². The molecule has 1 aliphatic rings. The largest absolute Gasteiger partial charge is 0.480 e. The van der Waals surface area contributed by atoms with Crippen LogP contribution in [0.2, 0.25) is 0 Å². The fraction of sp³-hybridized carbons (Fsp3) is 0.400. The van der Waals surface area contributed by atoms with E-state index in [4.69, 9.17) is 10.8 Å². The second-order valence-corrected chi connectivity index (χ2v) is 3.63. The van der Waals surface area contributed by atoms with E-state index in [-0.39, 0.29) is 0 Å². The van der Waals surface area contributed by atoms with Crippen molar-refractivity contribution >= 4 is 5.97 Å². The normalized spacial score (nSPS) is 25.5. The molecule has 0 saturated carbocycles. The van der Waals surface area contributed by atoms with E-state index >= 15 is 0 Å². The Hall–Kier alpha value is -1.42. The molecule has 1 heterocycles. The van der Waals surface area contributed by atoms with Gasteiger partial charge in [0.05, 0.1) is 0 Å². The quantitative estimate of drug-likeness (QED) is 0.685. The van der Waals surface area contributed by atoms with Gasteiger partial charge in [-0.2, -0.15) is 0 Å². The first-order valence-corrected chi connectivity index (χ1v) is 4.61. The minimum atomic E-state index is -1.23. The maximum Gasteiger partial charge on any atom is 0.328 e. The Balaban J connectivity index is 2.55. The van der Waals surface area contributed by atoms with Gasteiger partial charge in [-0.25, -0.2) is 4.79 Å². The molecule has 4 heteroatoms. The summed E-state index contributed by atoms with van der Waals surface area (Å²) in [5.41, 5.74) is 6.13. The molecule has 1 aromatic rings. The molecule has 14 heavy (non-hydrogen) atoms. The fourth-order valence-electron chi connectivity index (χ4n) is 1.93. The van der Waals surface area contributed by atoms with E-state index in [1.54, 1.807) is 18.3 Å². The van der Waals surface area contributed by atoms with Gasteiger partial charge in [0.25, 0.3) is 0 Å². The van der Waals surface area contributed by atoms with Crippen LogP contribution in [0.1, 0.15) is 24.1 Å². The molecule has 2 rings (SSSR count). The highest BCUT2D eigenvalue weighted by Crippen LogP contribution is 2.32. The number of carboxylic acid groups (broad SMARTS) is 1. The molecule has 0 aliphatic heterocycles. The van der Waals surface area contributed by atoms with Gasteiger partial charge in [-0.1, -0.05) is 6.07 Å². The average Bonchev–Trinajstić information content (AvgIpc) is 2.18. The lowest BCUT2D eigenvalue weighted by molar-refractivity contribution is -0.144. The van der Waals surface area contributed by atoms with Crippen LogP contribution in [0.3, 0.4) is 0 Å². The Bertz CT molecular complexity index is 378. The fourth-order valence-corrected chi connectivity index (χ4v) is 1.93. The van der Waals surface area contributed by atoms with Crippen molar-refractivity contribution in [3.63, 3.8) is 0 Å². The lowest BCUT2D eigenvalue weighted by atomic mass is 9.79. The molecule has 1 atom stereocenters. The lowest BCUT2D eigenvalue weighted by Crippen LogP contribution is -2.47. The van der Waals surface area contributed by atoms with Gasteiger partial charge in [0.15, 0.2) is 0 Å². The molecular weight excluding hydrogens is 180 g/mol. The maximum absolute atomic E-state index is 11.1. The van der Waals surface area contributed by atoms with Crippen molar-refractivity contribution in [3.8, 4) is 0 Å². The molecule has 1 aromatic heterocycles. The highest BCUT2D eigenvalue weighted by Gasteiger charge is 2.40. The molecule has 3 N–H and O–H groups in total. The Morgan fingerprint density at radius 3 is 3.14 bits per heavy atom. The number of carbonyl (C=O) groups is 1. The van der Waals surface area contributed by atoms with Crippen molar-refractivity contribution in [2.45, 2.75) is 24.8 Å². The van der Waals surface area contributed by atoms with Crippen molar-refractivity contribution in [3.05, 3.63) is 29.6 Å². The van der Waals surface area contributed by atoms with Crippen molar-refractivity contribution in [2.24, 2.45) is 5.73 Å². The zero-order valence-corrected chi connectivity index (χ0v) is 7.73. The summed E-state index contributed by atoms with van der Waals surface area (Å²) in [6.45, 7) is 0. The Kier molecular flexibility index (Phi) is 2.00. The Morgan fingerprint density at radius 1 is 1.64 bits per heavy atom. The number of nitrogens with zero attached hydrogens (tertiary/aromatic N) is 1. The number of aryl methyl sites for hydroxylation is 1. The standard InChI is InChI=1S/C10H12N2O2/c11-10(9(13)14)5-1-4-8-7(10)3-2-6-12-8/h2-3,6H,1,4-5,11H2,(H,13,14).